The summed E-state index contributed by atoms with van der Waals surface area (Å²) in [4.78, 5) is 10.7. The van der Waals surface area contributed by atoms with Gasteiger partial charge in [0.15, 0.2) is 0 Å². The molecule has 1 aliphatic carbocycles. The fourth-order valence-electron chi connectivity index (χ4n) is 4.07. The molecule has 0 radical (unpaired) electrons. The molecule has 0 aliphatic heterocycles. The molecule has 5 rings (SSSR count). The normalized spacial score (nSPS) is 12.2. The number of nitro benzene ring substituents is 1. The van der Waals surface area contributed by atoms with Crippen molar-refractivity contribution in [3.8, 4) is 33.6 Å². The molecule has 1 heterocycles. The highest BCUT2D eigenvalue weighted by Gasteiger charge is 2.32. The van der Waals surface area contributed by atoms with Crippen molar-refractivity contribution >= 4 is 22.3 Å². The van der Waals surface area contributed by atoms with Gasteiger partial charge in [-0.2, -0.15) is 0 Å². The number of nitro groups is 1. The Bertz CT molecular complexity index is 1270. The largest absolute Gasteiger partial charge is 0.439 e. The van der Waals surface area contributed by atoms with E-state index in [9.17, 15) is 10.1 Å². The summed E-state index contributed by atoms with van der Waals surface area (Å²) in [6.45, 7) is 6.23. The van der Waals surface area contributed by atoms with Crippen LogP contribution in [0.15, 0.2) is 65.1 Å². The van der Waals surface area contributed by atoms with Crippen LogP contribution in [0.4, 0.5) is 11.6 Å². The second-order valence-electron chi connectivity index (χ2n) is 8.40. The van der Waals surface area contributed by atoms with Crippen LogP contribution in [-0.4, -0.2) is 10.5 Å². The molecule has 0 amide bonds. The van der Waals surface area contributed by atoms with Crippen LogP contribution in [0, 0.1) is 10.1 Å². The number of nitrogens with one attached hydrogen (secondary N) is 1. The number of rotatable bonds is 3. The van der Waals surface area contributed by atoms with E-state index in [-0.39, 0.29) is 16.1 Å². The minimum Gasteiger partial charge on any atom is -0.439 e. The van der Waals surface area contributed by atoms with E-state index >= 15 is 0 Å². The number of hydrogen-bond acceptors (Lipinski definition) is 4. The van der Waals surface area contributed by atoms with E-state index in [1.165, 1.54) is 22.9 Å². The highest BCUT2D eigenvalue weighted by atomic mass is 16.6. The van der Waals surface area contributed by atoms with Gasteiger partial charge in [0.1, 0.15) is 5.76 Å². The van der Waals surface area contributed by atoms with Crippen molar-refractivity contribution in [3.63, 3.8) is 0 Å². The quantitative estimate of drug-likeness (QED) is 0.272. The van der Waals surface area contributed by atoms with Crippen LogP contribution < -0.4 is 5.32 Å². The molecule has 1 aromatic heterocycles. The topological polar surface area (TPSA) is 68.3 Å². The van der Waals surface area contributed by atoms with E-state index in [0.29, 0.717) is 5.88 Å². The lowest BCUT2D eigenvalue weighted by Gasteiger charge is -2.21. The van der Waals surface area contributed by atoms with Crippen molar-refractivity contribution in [2.24, 2.45) is 0 Å². The fraction of sp³-hybridized carbons (Fsp3) is 0.167. The molecular formula is C24H20N2O3. The fourth-order valence-corrected chi connectivity index (χ4v) is 4.07. The van der Waals surface area contributed by atoms with Crippen molar-refractivity contribution in [2.75, 3.05) is 5.32 Å². The minimum absolute atomic E-state index is 0.0737. The van der Waals surface area contributed by atoms with Crippen molar-refractivity contribution in [2.45, 2.75) is 26.3 Å². The zero-order chi connectivity index (χ0) is 20.3. The van der Waals surface area contributed by atoms with Gasteiger partial charge < -0.3 is 9.73 Å². The second-order valence-corrected chi connectivity index (χ2v) is 8.40. The average Bonchev–Trinajstić information content (AvgIpc) is 3.17. The van der Waals surface area contributed by atoms with Gasteiger partial charge >= 0.3 is 0 Å². The smallest absolute Gasteiger partial charge is 0.269 e. The van der Waals surface area contributed by atoms with E-state index in [4.69, 9.17) is 4.42 Å². The summed E-state index contributed by atoms with van der Waals surface area (Å²) in [5.41, 5.74) is 4.95. The van der Waals surface area contributed by atoms with E-state index in [0.717, 1.165) is 33.6 Å². The van der Waals surface area contributed by atoms with Gasteiger partial charge in [-0.15, -0.1) is 0 Å². The number of fused-ring (bicyclic) bond motifs is 3. The molecule has 4 aromatic rings. The van der Waals surface area contributed by atoms with Gasteiger partial charge in [-0.25, -0.2) is 0 Å². The van der Waals surface area contributed by atoms with Crippen molar-refractivity contribution in [1.29, 1.82) is 0 Å². The van der Waals surface area contributed by atoms with Gasteiger partial charge in [0.25, 0.3) is 5.69 Å². The third-order valence-corrected chi connectivity index (χ3v) is 5.18. The molecule has 1 N–H and O–H groups in total. The Morgan fingerprint density at radius 2 is 1.55 bits per heavy atom. The molecule has 0 spiro atoms. The Kier molecular flexibility index (Phi) is 3.59. The zero-order valence-corrected chi connectivity index (χ0v) is 16.4. The van der Waals surface area contributed by atoms with Gasteiger partial charge in [0.2, 0.25) is 5.88 Å². The first-order valence-corrected chi connectivity index (χ1v) is 9.56. The number of non-ortho nitro benzene ring substituents is 1. The van der Waals surface area contributed by atoms with Crippen LogP contribution in [0.5, 0.6) is 0 Å². The summed E-state index contributed by atoms with van der Waals surface area (Å²) >= 11 is 0. The number of furan rings is 1. The Morgan fingerprint density at radius 3 is 2.17 bits per heavy atom. The molecule has 0 saturated heterocycles. The standard InChI is InChI=1S/C24H20N2O3/c1-24(2,3)25-23-20(15-10-12-16(13-11-15)26(27)28)21-17-8-4-6-14-7-5-9-18(19(14)17)22(21)29-23/h4-13,25H,1-3H3. The van der Waals surface area contributed by atoms with Gasteiger partial charge in [-0.1, -0.05) is 36.4 Å². The molecule has 29 heavy (non-hydrogen) atoms. The van der Waals surface area contributed by atoms with Gasteiger partial charge in [0, 0.05) is 34.2 Å². The number of hydrogen-bond donors (Lipinski definition) is 1. The summed E-state index contributed by atoms with van der Waals surface area (Å²) in [5, 5.41) is 16.9. The maximum absolute atomic E-state index is 11.1. The minimum atomic E-state index is -0.380. The molecule has 0 bridgehead atoms. The lowest BCUT2D eigenvalue weighted by Crippen LogP contribution is -2.26. The van der Waals surface area contributed by atoms with E-state index in [2.05, 4.69) is 56.4 Å². The summed E-state index contributed by atoms with van der Waals surface area (Å²) in [7, 11) is 0. The van der Waals surface area contributed by atoms with Crippen molar-refractivity contribution in [1.82, 2.24) is 0 Å². The first-order chi connectivity index (χ1) is 13.8. The third kappa shape index (κ3) is 2.70. The lowest BCUT2D eigenvalue weighted by molar-refractivity contribution is -0.384. The van der Waals surface area contributed by atoms with Gasteiger partial charge in [-0.3, -0.25) is 10.1 Å². The van der Waals surface area contributed by atoms with Crippen LogP contribution in [0.25, 0.3) is 44.3 Å². The van der Waals surface area contributed by atoms with Gasteiger partial charge in [-0.05, 0) is 49.4 Å². The third-order valence-electron chi connectivity index (χ3n) is 5.18. The van der Waals surface area contributed by atoms with Crippen molar-refractivity contribution in [3.05, 3.63) is 70.8 Å². The SMILES string of the molecule is CC(C)(C)Nc1oc2c(c1-c1ccc([N+](=O)[O-])cc1)-c1cccc3cccc-2c13. The van der Waals surface area contributed by atoms with Crippen LogP contribution in [0.3, 0.4) is 0 Å². The Morgan fingerprint density at radius 1 is 0.897 bits per heavy atom. The zero-order valence-electron chi connectivity index (χ0n) is 16.4. The van der Waals surface area contributed by atoms with E-state index in [1.807, 2.05) is 6.07 Å². The molecule has 0 fully saturated rings. The number of benzene rings is 3. The number of anilines is 1. The molecule has 144 valence electrons. The maximum atomic E-state index is 11.1. The maximum Gasteiger partial charge on any atom is 0.269 e. The first kappa shape index (κ1) is 17.5. The summed E-state index contributed by atoms with van der Waals surface area (Å²) in [5.74, 6) is 1.53. The van der Waals surface area contributed by atoms with Crippen LogP contribution in [0.1, 0.15) is 20.8 Å². The molecule has 5 heteroatoms. The molecule has 3 aromatic carbocycles. The predicted molar refractivity (Wildman–Crippen MR) is 116 cm³/mol. The molecular weight excluding hydrogens is 364 g/mol. The second kappa shape index (κ2) is 5.95. The van der Waals surface area contributed by atoms with E-state index < -0.39 is 0 Å². The summed E-state index contributed by atoms with van der Waals surface area (Å²) < 4.78 is 6.39. The first-order valence-electron chi connectivity index (χ1n) is 9.56. The van der Waals surface area contributed by atoms with Crippen molar-refractivity contribution < 1.29 is 9.34 Å². The van der Waals surface area contributed by atoms with Gasteiger partial charge in [0.05, 0.1) is 10.5 Å². The van der Waals surface area contributed by atoms with Crippen LogP contribution >= 0.6 is 0 Å². The number of nitrogens with zero attached hydrogens (tertiary/aromatic N) is 1. The predicted octanol–water partition coefficient (Wildman–Crippen LogP) is 6.87. The Balaban J connectivity index is 1.79. The lowest BCUT2D eigenvalue weighted by atomic mass is 9.96. The highest BCUT2D eigenvalue weighted by molar-refractivity contribution is 6.18. The monoisotopic (exact) mass is 384 g/mol. The van der Waals surface area contributed by atoms with E-state index in [1.54, 1.807) is 12.1 Å². The molecule has 0 saturated carbocycles. The molecule has 1 aliphatic rings. The van der Waals surface area contributed by atoms with Crippen LogP contribution in [0.2, 0.25) is 0 Å². The highest BCUT2D eigenvalue weighted by Crippen LogP contribution is 2.55. The Hall–Kier alpha value is -3.60. The van der Waals surface area contributed by atoms with Crippen LogP contribution in [-0.2, 0) is 0 Å². The summed E-state index contributed by atoms with van der Waals surface area (Å²) in [6.07, 6.45) is 0. The molecule has 0 unspecified atom stereocenters. The Labute approximate surface area is 168 Å². The average molecular weight is 384 g/mol. The summed E-state index contributed by atoms with van der Waals surface area (Å²) in [6, 6.07) is 19.2. The molecule has 0 atom stereocenters. The molecule has 5 nitrogen and oxygen atoms in total.